The second-order valence-electron chi connectivity index (χ2n) is 4.96. The number of hydrogen-bond donors (Lipinski definition) is 1. The third-order valence-electron chi connectivity index (χ3n) is 2.16. The highest BCUT2D eigenvalue weighted by molar-refractivity contribution is 7.84. The molecular formula is C12H20N2OS. The molecule has 1 N–H and O–H groups in total. The van der Waals surface area contributed by atoms with Crippen LogP contribution in [0.1, 0.15) is 33.3 Å². The van der Waals surface area contributed by atoms with Gasteiger partial charge in [0.2, 0.25) is 0 Å². The molecular weight excluding hydrogens is 220 g/mol. The van der Waals surface area contributed by atoms with Gasteiger partial charge in [0.1, 0.15) is 0 Å². The SMILES string of the molecule is C[C@@H](Cc1ccncc1)N[S@](=O)C(C)(C)C. The fraction of sp³-hybridized carbons (Fsp3) is 0.583. The van der Waals surface area contributed by atoms with Crippen molar-refractivity contribution >= 4 is 11.0 Å². The van der Waals surface area contributed by atoms with Gasteiger partial charge >= 0.3 is 0 Å². The Labute approximate surface area is 100 Å². The first-order valence-corrected chi connectivity index (χ1v) is 6.61. The lowest BCUT2D eigenvalue weighted by Crippen LogP contribution is -2.39. The number of aromatic nitrogens is 1. The second-order valence-corrected chi connectivity index (χ2v) is 6.96. The van der Waals surface area contributed by atoms with E-state index in [9.17, 15) is 4.21 Å². The van der Waals surface area contributed by atoms with Crippen LogP contribution in [0.3, 0.4) is 0 Å². The largest absolute Gasteiger partial charge is 0.265 e. The van der Waals surface area contributed by atoms with Crippen LogP contribution < -0.4 is 4.72 Å². The van der Waals surface area contributed by atoms with E-state index in [2.05, 4.69) is 9.71 Å². The average Bonchev–Trinajstić information content (AvgIpc) is 2.17. The summed E-state index contributed by atoms with van der Waals surface area (Å²) in [7, 11) is -1.01. The van der Waals surface area contributed by atoms with E-state index in [1.54, 1.807) is 12.4 Å². The fourth-order valence-electron chi connectivity index (χ4n) is 1.27. The van der Waals surface area contributed by atoms with E-state index < -0.39 is 11.0 Å². The summed E-state index contributed by atoms with van der Waals surface area (Å²) < 4.78 is 14.8. The predicted molar refractivity (Wildman–Crippen MR) is 68.4 cm³/mol. The van der Waals surface area contributed by atoms with Crippen LogP contribution in [-0.2, 0) is 17.4 Å². The van der Waals surface area contributed by atoms with E-state index in [1.165, 1.54) is 5.56 Å². The van der Waals surface area contributed by atoms with Crippen LogP contribution in [0.25, 0.3) is 0 Å². The minimum absolute atomic E-state index is 0.197. The highest BCUT2D eigenvalue weighted by Crippen LogP contribution is 2.10. The molecule has 1 aromatic heterocycles. The minimum atomic E-state index is -1.01. The Morgan fingerprint density at radius 2 is 1.94 bits per heavy atom. The zero-order chi connectivity index (χ0) is 12.2. The molecule has 0 aromatic carbocycles. The van der Waals surface area contributed by atoms with Crippen LogP contribution in [0, 0.1) is 0 Å². The van der Waals surface area contributed by atoms with Crippen molar-refractivity contribution in [2.45, 2.75) is 44.9 Å². The molecule has 1 aromatic rings. The van der Waals surface area contributed by atoms with E-state index >= 15 is 0 Å². The number of nitrogens with one attached hydrogen (secondary N) is 1. The van der Waals surface area contributed by atoms with Crippen molar-refractivity contribution in [1.82, 2.24) is 9.71 Å². The van der Waals surface area contributed by atoms with Gasteiger partial charge < -0.3 is 0 Å². The van der Waals surface area contributed by atoms with Gasteiger partial charge in [-0.2, -0.15) is 0 Å². The van der Waals surface area contributed by atoms with Crippen molar-refractivity contribution in [3.8, 4) is 0 Å². The number of nitrogens with zero attached hydrogens (tertiary/aromatic N) is 1. The van der Waals surface area contributed by atoms with Crippen molar-refractivity contribution in [2.24, 2.45) is 0 Å². The van der Waals surface area contributed by atoms with Gasteiger partial charge in [0.15, 0.2) is 0 Å². The normalized spacial score (nSPS) is 15.8. The summed E-state index contributed by atoms with van der Waals surface area (Å²) in [5.74, 6) is 0. The molecule has 0 fully saturated rings. The van der Waals surface area contributed by atoms with Crippen molar-refractivity contribution in [1.29, 1.82) is 0 Å². The molecule has 90 valence electrons. The molecule has 0 bridgehead atoms. The van der Waals surface area contributed by atoms with E-state index in [0.717, 1.165) is 6.42 Å². The molecule has 0 unspecified atom stereocenters. The first kappa shape index (κ1) is 13.3. The molecule has 0 radical (unpaired) electrons. The summed E-state index contributed by atoms with van der Waals surface area (Å²) >= 11 is 0. The van der Waals surface area contributed by atoms with Crippen molar-refractivity contribution in [3.63, 3.8) is 0 Å². The lowest BCUT2D eigenvalue weighted by atomic mass is 10.1. The maximum absolute atomic E-state index is 11.9. The third-order valence-corrected chi connectivity index (χ3v) is 3.88. The summed E-state index contributed by atoms with van der Waals surface area (Å²) in [6.07, 6.45) is 4.43. The van der Waals surface area contributed by atoms with Gasteiger partial charge in [-0.3, -0.25) is 4.98 Å². The van der Waals surface area contributed by atoms with Crippen LogP contribution in [0.4, 0.5) is 0 Å². The average molecular weight is 240 g/mol. The predicted octanol–water partition coefficient (Wildman–Crippen LogP) is 2.06. The van der Waals surface area contributed by atoms with E-state index in [-0.39, 0.29) is 10.8 Å². The molecule has 0 saturated carbocycles. The van der Waals surface area contributed by atoms with Crippen molar-refractivity contribution in [2.75, 3.05) is 0 Å². The summed E-state index contributed by atoms with van der Waals surface area (Å²) in [5.41, 5.74) is 1.21. The molecule has 3 nitrogen and oxygen atoms in total. The Balaban J connectivity index is 2.49. The standard InChI is InChI=1S/C12H20N2OS/c1-10(14-16(15)12(2,3)4)9-11-5-7-13-8-6-11/h5-8,10,14H,9H2,1-4H3/t10-,16+/m0/s1. The first-order chi connectivity index (χ1) is 7.39. The van der Waals surface area contributed by atoms with Gasteiger partial charge in [0.05, 0.1) is 15.7 Å². The minimum Gasteiger partial charge on any atom is -0.265 e. The summed E-state index contributed by atoms with van der Waals surface area (Å²) in [4.78, 5) is 3.97. The highest BCUT2D eigenvalue weighted by atomic mass is 32.2. The highest BCUT2D eigenvalue weighted by Gasteiger charge is 2.20. The Morgan fingerprint density at radius 3 is 2.44 bits per heavy atom. The zero-order valence-corrected chi connectivity index (χ0v) is 11.2. The summed E-state index contributed by atoms with van der Waals surface area (Å²) in [6.45, 7) is 7.95. The Bertz CT molecular complexity index is 346. The van der Waals surface area contributed by atoms with Crippen LogP contribution in [-0.4, -0.2) is 20.0 Å². The lowest BCUT2D eigenvalue weighted by Gasteiger charge is -2.21. The molecule has 0 amide bonds. The van der Waals surface area contributed by atoms with Crippen LogP contribution >= 0.6 is 0 Å². The molecule has 0 aliphatic rings. The van der Waals surface area contributed by atoms with E-state index in [0.29, 0.717) is 0 Å². The summed E-state index contributed by atoms with van der Waals surface area (Å²) in [6, 6.07) is 4.17. The molecule has 0 aliphatic carbocycles. The van der Waals surface area contributed by atoms with Gasteiger partial charge in [0, 0.05) is 18.4 Å². The smallest absolute Gasteiger partial charge is 0.0972 e. The van der Waals surface area contributed by atoms with Gasteiger partial charge in [-0.05, 0) is 51.8 Å². The lowest BCUT2D eigenvalue weighted by molar-refractivity contribution is 0.603. The molecule has 0 spiro atoms. The molecule has 1 heterocycles. The van der Waals surface area contributed by atoms with Crippen molar-refractivity contribution < 1.29 is 4.21 Å². The maximum atomic E-state index is 11.9. The molecule has 0 saturated heterocycles. The zero-order valence-electron chi connectivity index (χ0n) is 10.4. The Kier molecular flexibility index (Phi) is 4.62. The number of rotatable bonds is 4. The summed E-state index contributed by atoms with van der Waals surface area (Å²) in [5, 5.41) is 0. The molecule has 16 heavy (non-hydrogen) atoms. The topological polar surface area (TPSA) is 42.0 Å². The second kappa shape index (κ2) is 5.55. The van der Waals surface area contributed by atoms with E-state index in [4.69, 9.17) is 0 Å². The molecule has 4 heteroatoms. The molecule has 0 aliphatic heterocycles. The first-order valence-electron chi connectivity index (χ1n) is 5.46. The van der Waals surface area contributed by atoms with Crippen LogP contribution in [0.2, 0.25) is 0 Å². The van der Waals surface area contributed by atoms with Crippen LogP contribution in [0.15, 0.2) is 24.5 Å². The Hall–Kier alpha value is -0.740. The van der Waals surface area contributed by atoms with Gasteiger partial charge in [-0.15, -0.1) is 0 Å². The molecule has 1 rings (SSSR count). The van der Waals surface area contributed by atoms with Gasteiger partial charge in [-0.25, -0.2) is 8.93 Å². The Morgan fingerprint density at radius 1 is 1.38 bits per heavy atom. The quantitative estimate of drug-likeness (QED) is 0.875. The van der Waals surface area contributed by atoms with E-state index in [1.807, 2.05) is 39.8 Å². The number of hydrogen-bond acceptors (Lipinski definition) is 2. The third kappa shape index (κ3) is 4.41. The van der Waals surface area contributed by atoms with Gasteiger partial charge in [-0.1, -0.05) is 0 Å². The monoisotopic (exact) mass is 240 g/mol. The maximum Gasteiger partial charge on any atom is 0.0972 e. The fourth-order valence-corrected chi connectivity index (χ4v) is 2.08. The van der Waals surface area contributed by atoms with Crippen LogP contribution in [0.5, 0.6) is 0 Å². The van der Waals surface area contributed by atoms with Crippen molar-refractivity contribution in [3.05, 3.63) is 30.1 Å². The van der Waals surface area contributed by atoms with Gasteiger partial charge in [0.25, 0.3) is 0 Å². The number of pyridine rings is 1. The molecule has 2 atom stereocenters.